The van der Waals surface area contributed by atoms with Gasteiger partial charge in [-0.1, -0.05) is 13.8 Å². The van der Waals surface area contributed by atoms with Crippen molar-refractivity contribution >= 4 is 10.0 Å². The lowest BCUT2D eigenvalue weighted by Gasteiger charge is -2.11. The third kappa shape index (κ3) is 3.69. The Kier molecular flexibility index (Phi) is 5.13. The number of ether oxygens (including phenoxy) is 1. The zero-order valence-electron chi connectivity index (χ0n) is 10.9. The molecule has 5 nitrogen and oxygen atoms in total. The Morgan fingerprint density at radius 2 is 2.06 bits per heavy atom. The third-order valence-corrected chi connectivity index (χ3v) is 3.88. The van der Waals surface area contributed by atoms with Crippen molar-refractivity contribution in [1.29, 1.82) is 0 Å². The molecule has 0 saturated heterocycles. The first-order valence-electron chi connectivity index (χ1n) is 5.77. The summed E-state index contributed by atoms with van der Waals surface area (Å²) in [6.45, 7) is 4.53. The zero-order valence-corrected chi connectivity index (χ0v) is 11.8. The smallest absolute Gasteiger partial charge is 0.240 e. The van der Waals surface area contributed by atoms with Crippen molar-refractivity contribution in [3.8, 4) is 5.75 Å². The van der Waals surface area contributed by atoms with E-state index in [2.05, 4.69) is 4.72 Å². The number of hydrogen-bond acceptors (Lipinski definition) is 4. The van der Waals surface area contributed by atoms with E-state index in [1.54, 1.807) is 12.1 Å². The minimum Gasteiger partial charge on any atom is -0.496 e. The quantitative estimate of drug-likeness (QED) is 0.812. The summed E-state index contributed by atoms with van der Waals surface area (Å²) in [5.41, 5.74) is 6.24. The highest BCUT2D eigenvalue weighted by molar-refractivity contribution is 7.89. The molecule has 1 aromatic rings. The summed E-state index contributed by atoms with van der Waals surface area (Å²) < 4.78 is 31.7. The highest BCUT2D eigenvalue weighted by Crippen LogP contribution is 2.21. The molecule has 18 heavy (non-hydrogen) atoms. The molecule has 1 rings (SSSR count). The summed E-state index contributed by atoms with van der Waals surface area (Å²) in [6, 6.07) is 4.67. The largest absolute Gasteiger partial charge is 0.496 e. The Hall–Kier alpha value is -1.11. The molecule has 0 aliphatic rings. The number of nitrogens with one attached hydrogen (secondary N) is 1. The predicted molar refractivity (Wildman–Crippen MR) is 70.9 cm³/mol. The van der Waals surface area contributed by atoms with Gasteiger partial charge in [0.2, 0.25) is 10.0 Å². The Morgan fingerprint density at radius 1 is 1.39 bits per heavy atom. The van der Waals surface area contributed by atoms with Gasteiger partial charge in [-0.25, -0.2) is 13.1 Å². The molecule has 1 aromatic carbocycles. The first-order chi connectivity index (χ1) is 8.40. The fourth-order valence-electron chi connectivity index (χ4n) is 1.44. The summed E-state index contributed by atoms with van der Waals surface area (Å²) in [7, 11) is -1.95. The van der Waals surface area contributed by atoms with E-state index in [-0.39, 0.29) is 17.4 Å². The molecule has 0 aliphatic heterocycles. The molecule has 0 heterocycles. The lowest BCUT2D eigenvalue weighted by Crippen LogP contribution is -2.27. The van der Waals surface area contributed by atoms with Crippen LogP contribution in [0.5, 0.6) is 5.75 Å². The van der Waals surface area contributed by atoms with E-state index in [0.29, 0.717) is 17.9 Å². The Balaban J connectivity index is 3.02. The van der Waals surface area contributed by atoms with Crippen LogP contribution < -0.4 is 15.2 Å². The number of methoxy groups -OCH3 is 1. The van der Waals surface area contributed by atoms with Crippen molar-refractivity contribution in [2.45, 2.75) is 25.3 Å². The molecule has 6 heteroatoms. The maximum absolute atomic E-state index is 12.0. The minimum absolute atomic E-state index is 0.212. The maximum Gasteiger partial charge on any atom is 0.240 e. The molecule has 0 aromatic heterocycles. The van der Waals surface area contributed by atoms with E-state index in [1.807, 2.05) is 13.8 Å². The van der Waals surface area contributed by atoms with Gasteiger partial charge in [-0.3, -0.25) is 0 Å². The van der Waals surface area contributed by atoms with E-state index in [9.17, 15) is 8.42 Å². The molecule has 3 N–H and O–H groups in total. The average Bonchev–Trinajstić information content (AvgIpc) is 2.35. The van der Waals surface area contributed by atoms with Crippen molar-refractivity contribution in [3.63, 3.8) is 0 Å². The predicted octanol–water partition coefficient (Wildman–Crippen LogP) is 1.09. The second-order valence-corrected chi connectivity index (χ2v) is 6.19. The van der Waals surface area contributed by atoms with E-state index in [1.165, 1.54) is 13.2 Å². The van der Waals surface area contributed by atoms with Crippen molar-refractivity contribution in [2.75, 3.05) is 13.7 Å². The van der Waals surface area contributed by atoms with E-state index >= 15 is 0 Å². The third-order valence-electron chi connectivity index (χ3n) is 2.46. The molecule has 0 bridgehead atoms. The van der Waals surface area contributed by atoms with Gasteiger partial charge in [-0.15, -0.1) is 0 Å². The lowest BCUT2D eigenvalue weighted by atomic mass is 10.2. The normalized spacial score (nSPS) is 11.8. The number of hydrogen-bond donors (Lipinski definition) is 2. The molecule has 0 atom stereocenters. The summed E-state index contributed by atoms with van der Waals surface area (Å²) in [4.78, 5) is 0.212. The molecule has 0 spiro atoms. The first-order valence-corrected chi connectivity index (χ1v) is 7.25. The van der Waals surface area contributed by atoms with Gasteiger partial charge in [0.15, 0.2) is 0 Å². The average molecular weight is 272 g/mol. The van der Waals surface area contributed by atoms with Gasteiger partial charge in [0.25, 0.3) is 0 Å². The SMILES string of the molecule is COc1ccc(S(=O)(=O)NCC(C)C)cc1CN. The van der Waals surface area contributed by atoms with Gasteiger partial charge in [0.05, 0.1) is 12.0 Å². The molecule has 102 valence electrons. The van der Waals surface area contributed by atoms with Crippen LogP contribution in [-0.2, 0) is 16.6 Å². The van der Waals surface area contributed by atoms with Crippen LogP contribution in [0.1, 0.15) is 19.4 Å². The number of benzene rings is 1. The Morgan fingerprint density at radius 3 is 2.56 bits per heavy atom. The van der Waals surface area contributed by atoms with Crippen molar-refractivity contribution in [3.05, 3.63) is 23.8 Å². The van der Waals surface area contributed by atoms with E-state index in [4.69, 9.17) is 10.5 Å². The summed E-state index contributed by atoms with van der Waals surface area (Å²) in [6.07, 6.45) is 0. The number of sulfonamides is 1. The van der Waals surface area contributed by atoms with Crippen LogP contribution in [0.2, 0.25) is 0 Å². The van der Waals surface area contributed by atoms with Crippen molar-refractivity contribution in [1.82, 2.24) is 4.72 Å². The first kappa shape index (κ1) is 14.9. The van der Waals surface area contributed by atoms with Gasteiger partial charge >= 0.3 is 0 Å². The maximum atomic E-state index is 12.0. The number of nitrogens with two attached hydrogens (primary N) is 1. The van der Waals surface area contributed by atoms with Crippen LogP contribution in [0, 0.1) is 5.92 Å². The van der Waals surface area contributed by atoms with Gasteiger partial charge in [0, 0.05) is 18.7 Å². The number of rotatable bonds is 6. The van der Waals surface area contributed by atoms with E-state index in [0.717, 1.165) is 0 Å². The standard InChI is InChI=1S/C12H20N2O3S/c1-9(2)8-14-18(15,16)11-4-5-12(17-3)10(6-11)7-13/h4-6,9,14H,7-8,13H2,1-3H3. The summed E-state index contributed by atoms with van der Waals surface area (Å²) in [5.74, 6) is 0.854. The van der Waals surface area contributed by atoms with E-state index < -0.39 is 10.0 Å². The molecular formula is C12H20N2O3S. The molecule has 0 amide bonds. The van der Waals surface area contributed by atoms with Crippen LogP contribution in [-0.4, -0.2) is 22.1 Å². The Labute approximate surface area is 108 Å². The molecular weight excluding hydrogens is 252 g/mol. The van der Waals surface area contributed by atoms with Crippen LogP contribution in [0.15, 0.2) is 23.1 Å². The minimum atomic E-state index is -3.47. The molecule has 0 saturated carbocycles. The van der Waals surface area contributed by atoms with Crippen molar-refractivity contribution in [2.24, 2.45) is 11.7 Å². The molecule has 0 radical (unpaired) electrons. The molecule has 0 fully saturated rings. The zero-order chi connectivity index (χ0) is 13.8. The summed E-state index contributed by atoms with van der Waals surface area (Å²) in [5, 5.41) is 0. The fourth-order valence-corrected chi connectivity index (χ4v) is 2.71. The van der Waals surface area contributed by atoms with Crippen LogP contribution in [0.4, 0.5) is 0 Å². The second kappa shape index (κ2) is 6.17. The fraction of sp³-hybridized carbons (Fsp3) is 0.500. The molecule has 0 aliphatic carbocycles. The van der Waals surface area contributed by atoms with Crippen LogP contribution in [0.3, 0.4) is 0 Å². The second-order valence-electron chi connectivity index (χ2n) is 4.42. The van der Waals surface area contributed by atoms with Gasteiger partial charge < -0.3 is 10.5 Å². The topological polar surface area (TPSA) is 81.4 Å². The van der Waals surface area contributed by atoms with Crippen LogP contribution in [0.25, 0.3) is 0 Å². The van der Waals surface area contributed by atoms with Crippen LogP contribution >= 0.6 is 0 Å². The monoisotopic (exact) mass is 272 g/mol. The lowest BCUT2D eigenvalue weighted by molar-refractivity contribution is 0.409. The van der Waals surface area contributed by atoms with Gasteiger partial charge in [-0.2, -0.15) is 0 Å². The Bertz CT molecular complexity index is 498. The molecule has 0 unspecified atom stereocenters. The van der Waals surface area contributed by atoms with Crippen molar-refractivity contribution < 1.29 is 13.2 Å². The highest BCUT2D eigenvalue weighted by Gasteiger charge is 2.16. The highest BCUT2D eigenvalue weighted by atomic mass is 32.2. The summed E-state index contributed by atoms with van der Waals surface area (Å²) >= 11 is 0. The van der Waals surface area contributed by atoms with Gasteiger partial charge in [-0.05, 0) is 24.1 Å². The van der Waals surface area contributed by atoms with Gasteiger partial charge in [0.1, 0.15) is 5.75 Å².